The third-order valence-electron chi connectivity index (χ3n) is 5.01. The number of fused-ring (bicyclic) bond motifs is 3. The molecule has 0 bridgehead atoms. The summed E-state index contributed by atoms with van der Waals surface area (Å²) in [6.45, 7) is 4.07. The number of carbonyl (C=O) groups is 1. The molecule has 3 N–H and O–H groups in total. The van der Waals surface area contributed by atoms with E-state index >= 15 is 0 Å². The fraction of sp³-hybridized carbons (Fsp3) is 0.471. The fourth-order valence-corrected chi connectivity index (χ4v) is 3.81. The van der Waals surface area contributed by atoms with Crippen LogP contribution in [0.25, 0.3) is 22.1 Å². The molecule has 1 amide bonds. The normalized spacial score (nSPS) is 22.0. The van der Waals surface area contributed by atoms with Crippen molar-refractivity contribution in [1.82, 2.24) is 24.4 Å². The number of nitrogens with zero attached hydrogens (tertiary/aromatic N) is 4. The number of alkyl halides is 1. The van der Waals surface area contributed by atoms with Crippen molar-refractivity contribution in [2.45, 2.75) is 32.0 Å². The van der Waals surface area contributed by atoms with E-state index in [4.69, 9.17) is 5.73 Å². The Hall–Kier alpha value is -2.48. The summed E-state index contributed by atoms with van der Waals surface area (Å²) in [7, 11) is 0. The monoisotopic (exact) mass is 344 g/mol. The summed E-state index contributed by atoms with van der Waals surface area (Å²) < 4.78 is 16.9. The number of nitrogens with one attached hydrogen (secondary N) is 1. The van der Waals surface area contributed by atoms with Crippen LogP contribution in [0.15, 0.2) is 18.5 Å². The van der Waals surface area contributed by atoms with Crippen LogP contribution in [0.2, 0.25) is 0 Å². The van der Waals surface area contributed by atoms with Gasteiger partial charge >= 0.3 is 0 Å². The van der Waals surface area contributed by atoms with E-state index in [1.165, 1.54) is 0 Å². The van der Waals surface area contributed by atoms with Crippen LogP contribution >= 0.6 is 0 Å². The van der Waals surface area contributed by atoms with Gasteiger partial charge in [-0.15, -0.1) is 0 Å². The molecule has 0 saturated carbocycles. The van der Waals surface area contributed by atoms with E-state index in [9.17, 15) is 9.18 Å². The van der Waals surface area contributed by atoms with Crippen molar-refractivity contribution in [3.05, 3.63) is 24.3 Å². The molecule has 0 aliphatic carbocycles. The summed E-state index contributed by atoms with van der Waals surface area (Å²) in [5.41, 5.74) is 7.60. The highest BCUT2D eigenvalue weighted by Gasteiger charge is 2.33. The first kappa shape index (κ1) is 16.0. The van der Waals surface area contributed by atoms with Gasteiger partial charge < -0.3 is 20.2 Å². The number of hydrogen-bond acceptors (Lipinski definition) is 4. The molecule has 0 unspecified atom stereocenters. The van der Waals surface area contributed by atoms with Gasteiger partial charge in [-0.1, -0.05) is 6.92 Å². The number of aromatic amines is 1. The highest BCUT2D eigenvalue weighted by molar-refractivity contribution is 6.01. The van der Waals surface area contributed by atoms with Crippen LogP contribution in [-0.4, -0.2) is 56.1 Å². The maximum absolute atomic E-state index is 15.0. The second-order valence-corrected chi connectivity index (χ2v) is 6.54. The van der Waals surface area contributed by atoms with Crippen LogP contribution in [0.1, 0.15) is 25.2 Å². The van der Waals surface area contributed by atoms with Crippen molar-refractivity contribution in [2.24, 2.45) is 5.73 Å². The third-order valence-corrected chi connectivity index (χ3v) is 5.01. The standard InChI is InChI=1S/C17H21FN6O/c1-2-23-6-4-13(11(18)9-23)24-15(7-14(19)25)22-12-8-21-17-10(16(12)24)3-5-20-17/h3,5,8,11,13H,2,4,6-7,9H2,1H3,(H2,19,25)(H,20,21)/t11-,13+/m0/s1. The van der Waals surface area contributed by atoms with Crippen molar-refractivity contribution < 1.29 is 9.18 Å². The molecule has 0 aromatic carbocycles. The highest BCUT2D eigenvalue weighted by atomic mass is 19.1. The molecule has 0 spiro atoms. The Kier molecular flexibility index (Phi) is 3.91. The van der Waals surface area contributed by atoms with Crippen molar-refractivity contribution >= 4 is 28.0 Å². The Labute approximate surface area is 144 Å². The number of H-pyrrole nitrogens is 1. The van der Waals surface area contributed by atoms with Gasteiger partial charge in [-0.3, -0.25) is 4.79 Å². The molecule has 1 aliphatic heterocycles. The van der Waals surface area contributed by atoms with Crippen LogP contribution in [-0.2, 0) is 11.2 Å². The zero-order chi connectivity index (χ0) is 17.6. The molecule has 132 valence electrons. The largest absolute Gasteiger partial charge is 0.369 e. The number of imidazole rings is 1. The number of hydrogen-bond donors (Lipinski definition) is 2. The van der Waals surface area contributed by atoms with Crippen molar-refractivity contribution in [3.63, 3.8) is 0 Å². The topological polar surface area (TPSA) is 92.8 Å². The number of rotatable bonds is 4. The number of halogens is 1. The third kappa shape index (κ3) is 2.66. The van der Waals surface area contributed by atoms with Crippen LogP contribution in [0.3, 0.4) is 0 Å². The minimum Gasteiger partial charge on any atom is -0.369 e. The van der Waals surface area contributed by atoms with Gasteiger partial charge in [0.1, 0.15) is 23.2 Å². The van der Waals surface area contributed by atoms with E-state index in [1.807, 2.05) is 17.6 Å². The van der Waals surface area contributed by atoms with Crippen molar-refractivity contribution in [3.8, 4) is 0 Å². The molecular weight excluding hydrogens is 323 g/mol. The van der Waals surface area contributed by atoms with Gasteiger partial charge in [-0.05, 0) is 19.0 Å². The van der Waals surface area contributed by atoms with Crippen molar-refractivity contribution in [2.75, 3.05) is 19.6 Å². The number of piperidine rings is 1. The molecule has 7 nitrogen and oxygen atoms in total. The Morgan fingerprint density at radius 1 is 1.52 bits per heavy atom. The molecule has 0 radical (unpaired) electrons. The average molecular weight is 344 g/mol. The van der Waals surface area contributed by atoms with Crippen LogP contribution in [0.5, 0.6) is 0 Å². The van der Waals surface area contributed by atoms with Crippen LogP contribution in [0, 0.1) is 0 Å². The van der Waals surface area contributed by atoms with E-state index in [-0.39, 0.29) is 12.5 Å². The summed E-state index contributed by atoms with van der Waals surface area (Å²) in [4.78, 5) is 25.6. The number of likely N-dealkylation sites (tertiary alicyclic amines) is 1. The van der Waals surface area contributed by atoms with E-state index in [0.717, 1.165) is 29.6 Å². The predicted molar refractivity (Wildman–Crippen MR) is 92.9 cm³/mol. The van der Waals surface area contributed by atoms with Gasteiger partial charge in [0.25, 0.3) is 0 Å². The maximum Gasteiger partial charge on any atom is 0.225 e. The zero-order valence-corrected chi connectivity index (χ0v) is 14.1. The van der Waals surface area contributed by atoms with E-state index < -0.39 is 12.1 Å². The van der Waals surface area contributed by atoms with Crippen molar-refractivity contribution in [1.29, 1.82) is 0 Å². The fourth-order valence-electron chi connectivity index (χ4n) is 3.81. The summed E-state index contributed by atoms with van der Waals surface area (Å²) in [5.74, 6) is 0.0341. The van der Waals surface area contributed by atoms with E-state index in [0.29, 0.717) is 24.3 Å². The number of aromatic nitrogens is 4. The number of carbonyl (C=O) groups excluding carboxylic acids is 1. The molecule has 8 heteroatoms. The molecule has 1 fully saturated rings. The molecule has 3 aromatic heterocycles. The minimum atomic E-state index is -1.03. The van der Waals surface area contributed by atoms with E-state index in [2.05, 4.69) is 19.9 Å². The minimum absolute atomic E-state index is 0.0126. The molecule has 25 heavy (non-hydrogen) atoms. The number of primary amides is 1. The Morgan fingerprint density at radius 2 is 2.36 bits per heavy atom. The summed E-state index contributed by atoms with van der Waals surface area (Å²) >= 11 is 0. The lowest BCUT2D eigenvalue weighted by Gasteiger charge is -2.35. The lowest BCUT2D eigenvalue weighted by Crippen LogP contribution is -2.43. The summed E-state index contributed by atoms with van der Waals surface area (Å²) in [6, 6.07) is 1.55. The molecule has 2 atom stereocenters. The smallest absolute Gasteiger partial charge is 0.225 e. The quantitative estimate of drug-likeness (QED) is 0.751. The molecule has 4 rings (SSSR count). The van der Waals surface area contributed by atoms with Gasteiger partial charge in [0, 0.05) is 24.7 Å². The van der Waals surface area contributed by atoms with Gasteiger partial charge in [-0.2, -0.15) is 0 Å². The lowest BCUT2D eigenvalue weighted by molar-refractivity contribution is -0.117. The first-order chi connectivity index (χ1) is 12.1. The van der Waals surface area contributed by atoms with Gasteiger partial charge in [0.2, 0.25) is 5.91 Å². The van der Waals surface area contributed by atoms with Gasteiger partial charge in [0.05, 0.1) is 24.2 Å². The number of nitrogens with two attached hydrogens (primary N) is 1. The molecule has 1 saturated heterocycles. The number of pyridine rings is 1. The highest BCUT2D eigenvalue weighted by Crippen LogP contribution is 2.33. The van der Waals surface area contributed by atoms with Gasteiger partial charge in [0.15, 0.2) is 0 Å². The first-order valence-electron chi connectivity index (χ1n) is 8.56. The van der Waals surface area contributed by atoms with Crippen LogP contribution in [0.4, 0.5) is 4.39 Å². The SMILES string of the molecule is CCN1CC[C@@H](n2c(CC(N)=O)nc3cnc4[nH]ccc4c32)[C@@H](F)C1. The molecule has 1 aliphatic rings. The average Bonchev–Trinajstić information content (AvgIpc) is 3.17. The Morgan fingerprint density at radius 3 is 3.08 bits per heavy atom. The summed E-state index contributed by atoms with van der Waals surface area (Å²) in [5, 5.41) is 0.880. The summed E-state index contributed by atoms with van der Waals surface area (Å²) in [6.07, 6.45) is 3.08. The predicted octanol–water partition coefficient (Wildman–Crippen LogP) is 1.55. The Balaban J connectivity index is 1.90. The first-order valence-corrected chi connectivity index (χ1v) is 8.56. The second-order valence-electron chi connectivity index (χ2n) is 6.54. The zero-order valence-electron chi connectivity index (χ0n) is 14.1. The van der Waals surface area contributed by atoms with Crippen LogP contribution < -0.4 is 5.73 Å². The molecular formula is C17H21FN6O. The molecule has 3 aromatic rings. The second kappa shape index (κ2) is 6.11. The Bertz CT molecular complexity index is 932. The number of amides is 1. The molecule has 4 heterocycles. The lowest BCUT2D eigenvalue weighted by atomic mass is 10.0. The maximum atomic E-state index is 15.0. The van der Waals surface area contributed by atoms with E-state index in [1.54, 1.807) is 12.4 Å². The van der Waals surface area contributed by atoms with Gasteiger partial charge in [-0.25, -0.2) is 14.4 Å².